The monoisotopic (exact) mass is 526 g/mol. The number of nitrogens with two attached hydrogens (primary N) is 1. The largest absolute Gasteiger partial charge is 0.451 e. The fraction of sp³-hybridized carbons (Fsp3) is 0.174. The van der Waals surface area contributed by atoms with E-state index >= 15 is 0 Å². The lowest BCUT2D eigenvalue weighted by Crippen LogP contribution is -2.13. The molecule has 1 aromatic carbocycles. The lowest BCUT2D eigenvalue weighted by atomic mass is 10.1. The number of nitrogen functional groups attached to an aromatic ring is 1. The van der Waals surface area contributed by atoms with Crippen LogP contribution in [0.15, 0.2) is 43.1 Å². The maximum atomic E-state index is 13.8. The summed E-state index contributed by atoms with van der Waals surface area (Å²) in [6.45, 7) is 1.81. The van der Waals surface area contributed by atoms with Gasteiger partial charge in [-0.2, -0.15) is 18.4 Å². The second kappa shape index (κ2) is 9.14. The number of hydrogen-bond acceptors (Lipinski definition) is 8. The molecule has 0 amide bonds. The van der Waals surface area contributed by atoms with Crippen molar-refractivity contribution in [1.82, 2.24) is 39.5 Å². The number of fused-ring (bicyclic) bond motifs is 1. The van der Waals surface area contributed by atoms with Crippen LogP contribution in [0.1, 0.15) is 36.6 Å². The zero-order chi connectivity index (χ0) is 27.2. The van der Waals surface area contributed by atoms with Crippen LogP contribution < -0.4 is 5.73 Å². The molecule has 4 heterocycles. The summed E-state index contributed by atoms with van der Waals surface area (Å²) >= 11 is 0. The number of anilines is 1. The van der Waals surface area contributed by atoms with Crippen molar-refractivity contribution in [3.05, 3.63) is 72.0 Å². The molecule has 15 heteroatoms. The molecule has 0 fully saturated rings. The van der Waals surface area contributed by atoms with Gasteiger partial charge in [-0.25, -0.2) is 33.4 Å². The van der Waals surface area contributed by atoms with E-state index in [4.69, 9.17) is 5.73 Å². The van der Waals surface area contributed by atoms with Crippen LogP contribution in [0.3, 0.4) is 0 Å². The zero-order valence-corrected chi connectivity index (χ0v) is 19.3. The summed E-state index contributed by atoms with van der Waals surface area (Å²) in [6, 6.07) is 4.64. The predicted molar refractivity (Wildman–Crippen MR) is 122 cm³/mol. The standard InChI is InChI=1S/C23H15F5N10/c1-2-16(15-9-37(36-35-15)12-3-4-13(24)14(25)5-12)38-17(6-29)18(19-20(30)33-10-34-21(19)38)11-7-31-22(32-8-11)23(26,27)28/h3-5,7-10,16H,2H2,1H3,(H2,30,33,34)/t16-/m0/s1. The first-order valence-corrected chi connectivity index (χ1v) is 11.0. The van der Waals surface area contributed by atoms with Crippen LogP contribution in [-0.4, -0.2) is 39.5 Å². The van der Waals surface area contributed by atoms with Gasteiger partial charge in [-0.05, 0) is 18.6 Å². The summed E-state index contributed by atoms with van der Waals surface area (Å²) in [6.07, 6.45) is 0.179. The van der Waals surface area contributed by atoms with Crippen molar-refractivity contribution < 1.29 is 22.0 Å². The van der Waals surface area contributed by atoms with E-state index in [1.807, 2.05) is 0 Å². The molecule has 0 spiro atoms. The number of hydrogen-bond donors (Lipinski definition) is 1. The minimum Gasteiger partial charge on any atom is -0.383 e. The molecule has 192 valence electrons. The maximum absolute atomic E-state index is 13.8. The smallest absolute Gasteiger partial charge is 0.383 e. The summed E-state index contributed by atoms with van der Waals surface area (Å²) in [5, 5.41) is 18.5. The average Bonchev–Trinajstić information content (AvgIpc) is 3.50. The molecule has 38 heavy (non-hydrogen) atoms. The quantitative estimate of drug-likeness (QED) is 0.336. The van der Waals surface area contributed by atoms with E-state index < -0.39 is 29.7 Å². The van der Waals surface area contributed by atoms with Gasteiger partial charge >= 0.3 is 6.18 Å². The fourth-order valence-electron chi connectivity index (χ4n) is 4.16. The van der Waals surface area contributed by atoms with Crippen LogP contribution in [-0.2, 0) is 6.18 Å². The molecule has 10 nitrogen and oxygen atoms in total. The third-order valence-corrected chi connectivity index (χ3v) is 5.83. The number of nitrogens with zero attached hydrogens (tertiary/aromatic N) is 9. The Bertz CT molecular complexity index is 1700. The van der Waals surface area contributed by atoms with Crippen molar-refractivity contribution in [1.29, 1.82) is 5.26 Å². The minimum atomic E-state index is -4.75. The Hall–Kier alpha value is -5.00. The summed E-state index contributed by atoms with van der Waals surface area (Å²) in [4.78, 5) is 15.1. The van der Waals surface area contributed by atoms with E-state index in [0.717, 1.165) is 24.5 Å². The highest BCUT2D eigenvalue weighted by atomic mass is 19.4. The van der Waals surface area contributed by atoms with Gasteiger partial charge in [-0.15, -0.1) is 5.10 Å². The first-order chi connectivity index (χ1) is 18.1. The molecule has 0 unspecified atom stereocenters. The third kappa shape index (κ3) is 4.05. The van der Waals surface area contributed by atoms with Gasteiger partial charge in [0.25, 0.3) is 0 Å². The molecule has 4 aromatic heterocycles. The van der Waals surface area contributed by atoms with Gasteiger partial charge in [0.05, 0.1) is 23.3 Å². The van der Waals surface area contributed by atoms with Crippen molar-refractivity contribution in [2.75, 3.05) is 5.73 Å². The molecular weight excluding hydrogens is 511 g/mol. The number of aromatic nitrogens is 8. The molecule has 2 N–H and O–H groups in total. The van der Waals surface area contributed by atoms with E-state index in [0.29, 0.717) is 12.1 Å². The Labute approximate surface area is 210 Å². The molecule has 5 aromatic rings. The van der Waals surface area contributed by atoms with Gasteiger partial charge in [0.2, 0.25) is 5.82 Å². The second-order valence-electron chi connectivity index (χ2n) is 8.07. The normalized spacial score (nSPS) is 12.6. The topological polar surface area (TPSA) is 137 Å². The molecule has 0 aliphatic heterocycles. The Morgan fingerprint density at radius 3 is 2.45 bits per heavy atom. The molecular formula is C23H15F5N10. The summed E-state index contributed by atoms with van der Waals surface area (Å²) in [5.41, 5.74) is 7.16. The Kier molecular flexibility index (Phi) is 5.94. The van der Waals surface area contributed by atoms with Gasteiger partial charge in [0, 0.05) is 29.6 Å². The van der Waals surface area contributed by atoms with Gasteiger partial charge in [0.1, 0.15) is 35.2 Å². The van der Waals surface area contributed by atoms with Crippen LogP contribution in [0.5, 0.6) is 0 Å². The molecule has 0 saturated heterocycles. The van der Waals surface area contributed by atoms with Gasteiger partial charge in [0.15, 0.2) is 11.6 Å². The maximum Gasteiger partial charge on any atom is 0.451 e. The van der Waals surface area contributed by atoms with Gasteiger partial charge in [-0.1, -0.05) is 12.1 Å². The Morgan fingerprint density at radius 2 is 1.82 bits per heavy atom. The summed E-state index contributed by atoms with van der Waals surface area (Å²) < 4.78 is 68.9. The lowest BCUT2D eigenvalue weighted by Gasteiger charge is -2.16. The lowest BCUT2D eigenvalue weighted by molar-refractivity contribution is -0.144. The highest BCUT2D eigenvalue weighted by molar-refractivity contribution is 6.03. The van der Waals surface area contributed by atoms with Gasteiger partial charge in [-0.3, -0.25) is 0 Å². The van der Waals surface area contributed by atoms with Crippen molar-refractivity contribution in [3.8, 4) is 22.9 Å². The summed E-state index contributed by atoms with van der Waals surface area (Å²) in [7, 11) is 0. The van der Waals surface area contributed by atoms with Crippen LogP contribution in [0, 0.1) is 23.0 Å². The number of halogens is 5. The molecule has 0 aliphatic carbocycles. The molecule has 0 radical (unpaired) electrons. The number of nitriles is 1. The van der Waals surface area contributed by atoms with Crippen molar-refractivity contribution in [3.63, 3.8) is 0 Å². The van der Waals surface area contributed by atoms with Crippen molar-refractivity contribution >= 4 is 16.9 Å². The number of rotatable bonds is 5. The SMILES string of the molecule is CC[C@@H](c1cn(-c2ccc(F)c(F)c2)nn1)n1c(C#N)c(-c2cnc(C(F)(F)F)nc2)c2c(N)ncnc21. The summed E-state index contributed by atoms with van der Waals surface area (Å²) in [5.74, 6) is -3.44. The Balaban J connectivity index is 1.69. The van der Waals surface area contributed by atoms with E-state index in [1.54, 1.807) is 6.92 Å². The van der Waals surface area contributed by atoms with E-state index in [2.05, 4.69) is 36.3 Å². The van der Waals surface area contributed by atoms with E-state index in [9.17, 15) is 27.2 Å². The first-order valence-electron chi connectivity index (χ1n) is 11.0. The molecule has 0 saturated carbocycles. The fourth-order valence-corrected chi connectivity index (χ4v) is 4.16. The minimum absolute atomic E-state index is 0.00443. The molecule has 1 atom stereocenters. The molecule has 0 aliphatic rings. The van der Waals surface area contributed by atoms with Crippen LogP contribution >= 0.6 is 0 Å². The van der Waals surface area contributed by atoms with Gasteiger partial charge < -0.3 is 10.3 Å². The predicted octanol–water partition coefficient (Wildman–Crippen LogP) is 4.22. The second-order valence-corrected chi connectivity index (χ2v) is 8.07. The van der Waals surface area contributed by atoms with Crippen LogP contribution in [0.25, 0.3) is 27.8 Å². The number of benzene rings is 1. The van der Waals surface area contributed by atoms with E-state index in [-0.39, 0.29) is 39.4 Å². The van der Waals surface area contributed by atoms with E-state index in [1.165, 1.54) is 27.8 Å². The molecule has 0 bridgehead atoms. The van der Waals surface area contributed by atoms with Crippen molar-refractivity contribution in [2.24, 2.45) is 0 Å². The van der Waals surface area contributed by atoms with Crippen LogP contribution in [0.4, 0.5) is 27.8 Å². The molecule has 5 rings (SSSR count). The number of alkyl halides is 3. The average molecular weight is 526 g/mol. The first kappa shape index (κ1) is 24.7. The van der Waals surface area contributed by atoms with Crippen molar-refractivity contribution in [2.45, 2.75) is 25.6 Å². The Morgan fingerprint density at radius 1 is 1.08 bits per heavy atom. The van der Waals surface area contributed by atoms with Crippen LogP contribution in [0.2, 0.25) is 0 Å². The highest BCUT2D eigenvalue weighted by Crippen LogP contribution is 2.40. The zero-order valence-electron chi connectivity index (χ0n) is 19.3. The third-order valence-electron chi connectivity index (χ3n) is 5.83. The highest BCUT2D eigenvalue weighted by Gasteiger charge is 2.35.